The summed E-state index contributed by atoms with van der Waals surface area (Å²) in [6, 6.07) is 5.88. The highest BCUT2D eigenvalue weighted by molar-refractivity contribution is 5.38. The van der Waals surface area contributed by atoms with Gasteiger partial charge in [0.25, 0.3) is 0 Å². The van der Waals surface area contributed by atoms with Crippen LogP contribution < -0.4 is 4.74 Å². The Bertz CT molecular complexity index is 281. The molecule has 0 amide bonds. The van der Waals surface area contributed by atoms with Gasteiger partial charge in [-0.25, -0.2) is 4.39 Å². The average Bonchev–Trinajstić information content (AvgIpc) is 2.04. The molecule has 0 N–H and O–H groups in total. The maximum absolute atomic E-state index is 12.0. The molecule has 0 aliphatic carbocycles. The highest BCUT2D eigenvalue weighted by Crippen LogP contribution is 2.27. The van der Waals surface area contributed by atoms with Crippen molar-refractivity contribution in [3.05, 3.63) is 29.3 Å². The van der Waals surface area contributed by atoms with E-state index in [-0.39, 0.29) is 0 Å². The van der Waals surface area contributed by atoms with Crippen LogP contribution in [0.2, 0.25) is 0 Å². The second-order valence-electron chi connectivity index (χ2n) is 3.45. The van der Waals surface area contributed by atoms with Crippen molar-refractivity contribution in [3.63, 3.8) is 0 Å². The molecule has 72 valence electrons. The molecule has 1 aromatic rings. The van der Waals surface area contributed by atoms with Crippen molar-refractivity contribution in [3.8, 4) is 5.75 Å². The molecule has 0 radical (unpaired) electrons. The molecule has 0 bridgehead atoms. The summed E-state index contributed by atoms with van der Waals surface area (Å²) in [6.45, 7) is 5.34. The molecule has 1 aromatic carbocycles. The Kier molecular flexibility index (Phi) is 3.29. The Labute approximate surface area is 78.5 Å². The summed E-state index contributed by atoms with van der Waals surface area (Å²) < 4.78 is 16.9. The van der Waals surface area contributed by atoms with Crippen LogP contribution in [0.4, 0.5) is 4.39 Å². The number of halogens is 1. The normalized spacial score (nSPS) is 10.5. The first-order valence-electron chi connectivity index (χ1n) is 4.44. The summed E-state index contributed by atoms with van der Waals surface area (Å²) in [5.74, 6) is 1.03. The van der Waals surface area contributed by atoms with E-state index in [4.69, 9.17) is 4.74 Å². The molecule has 0 saturated carbocycles. The first-order chi connectivity index (χ1) is 6.15. The molecule has 0 aliphatic heterocycles. The quantitative estimate of drug-likeness (QED) is 0.696. The number of alkyl halides is 1. The molecule has 0 aromatic heterocycles. The van der Waals surface area contributed by atoms with E-state index in [9.17, 15) is 4.39 Å². The third kappa shape index (κ3) is 2.44. The summed E-state index contributed by atoms with van der Waals surface area (Å²) >= 11 is 0. The third-order valence-corrected chi connectivity index (χ3v) is 2.00. The van der Waals surface area contributed by atoms with Gasteiger partial charge in [-0.3, -0.25) is 0 Å². The van der Waals surface area contributed by atoms with E-state index in [0.29, 0.717) is 11.7 Å². The van der Waals surface area contributed by atoms with E-state index in [1.54, 1.807) is 0 Å². The lowest BCUT2D eigenvalue weighted by atomic mass is 10.0. The van der Waals surface area contributed by atoms with Gasteiger partial charge in [0.2, 0.25) is 6.86 Å². The van der Waals surface area contributed by atoms with Crippen molar-refractivity contribution in [2.45, 2.75) is 26.7 Å². The zero-order chi connectivity index (χ0) is 9.84. The van der Waals surface area contributed by atoms with Gasteiger partial charge in [0.1, 0.15) is 5.75 Å². The van der Waals surface area contributed by atoms with Crippen molar-refractivity contribution >= 4 is 0 Å². The van der Waals surface area contributed by atoms with E-state index >= 15 is 0 Å². The van der Waals surface area contributed by atoms with Crippen molar-refractivity contribution in [1.82, 2.24) is 0 Å². The zero-order valence-corrected chi connectivity index (χ0v) is 8.30. The van der Waals surface area contributed by atoms with Gasteiger partial charge in [0.05, 0.1) is 0 Å². The Morgan fingerprint density at radius 3 is 2.62 bits per heavy atom. The maximum Gasteiger partial charge on any atom is 0.228 e. The van der Waals surface area contributed by atoms with E-state index in [1.807, 2.05) is 25.1 Å². The molecule has 1 rings (SSSR count). The van der Waals surface area contributed by atoms with E-state index in [1.165, 1.54) is 0 Å². The SMILES string of the molecule is Cc1ccc(C(C)C)c(OCF)c1. The van der Waals surface area contributed by atoms with Crippen LogP contribution in [0.5, 0.6) is 5.75 Å². The van der Waals surface area contributed by atoms with Crippen molar-refractivity contribution in [2.24, 2.45) is 0 Å². The third-order valence-electron chi connectivity index (χ3n) is 2.00. The van der Waals surface area contributed by atoms with Crippen molar-refractivity contribution in [2.75, 3.05) is 6.86 Å². The number of hydrogen-bond acceptors (Lipinski definition) is 1. The topological polar surface area (TPSA) is 9.23 Å². The summed E-state index contributed by atoms with van der Waals surface area (Å²) in [7, 11) is 0. The fraction of sp³-hybridized carbons (Fsp3) is 0.455. The fourth-order valence-corrected chi connectivity index (χ4v) is 1.30. The van der Waals surface area contributed by atoms with E-state index in [2.05, 4.69) is 13.8 Å². The molecule has 0 saturated heterocycles. The minimum atomic E-state index is -0.761. The van der Waals surface area contributed by atoms with Crippen LogP contribution in [0.1, 0.15) is 30.9 Å². The molecular formula is C11H15FO. The predicted molar refractivity (Wildman–Crippen MR) is 51.9 cm³/mol. The minimum Gasteiger partial charge on any atom is -0.463 e. The summed E-state index contributed by atoms with van der Waals surface area (Å²) in [5, 5.41) is 0. The second kappa shape index (κ2) is 4.26. The maximum atomic E-state index is 12.0. The molecule has 2 heteroatoms. The van der Waals surface area contributed by atoms with Crippen LogP contribution in [0.15, 0.2) is 18.2 Å². The molecule has 0 heterocycles. The van der Waals surface area contributed by atoms with Gasteiger partial charge in [0, 0.05) is 0 Å². The van der Waals surface area contributed by atoms with Crippen molar-refractivity contribution in [1.29, 1.82) is 0 Å². The van der Waals surface area contributed by atoms with Crippen LogP contribution in [0, 0.1) is 6.92 Å². The summed E-state index contributed by atoms with van der Waals surface area (Å²) in [6.07, 6.45) is 0. The highest BCUT2D eigenvalue weighted by Gasteiger charge is 2.07. The monoisotopic (exact) mass is 182 g/mol. The first-order valence-corrected chi connectivity index (χ1v) is 4.44. The fourth-order valence-electron chi connectivity index (χ4n) is 1.30. The van der Waals surface area contributed by atoms with Gasteiger partial charge in [-0.05, 0) is 30.0 Å². The summed E-state index contributed by atoms with van der Waals surface area (Å²) in [5.41, 5.74) is 2.15. The Morgan fingerprint density at radius 2 is 2.08 bits per heavy atom. The Balaban J connectivity index is 3.03. The molecule has 0 spiro atoms. The Morgan fingerprint density at radius 1 is 1.38 bits per heavy atom. The van der Waals surface area contributed by atoms with Crippen LogP contribution in [-0.4, -0.2) is 6.86 Å². The van der Waals surface area contributed by atoms with E-state index < -0.39 is 6.86 Å². The molecule has 13 heavy (non-hydrogen) atoms. The number of hydrogen-bond donors (Lipinski definition) is 0. The highest BCUT2D eigenvalue weighted by atomic mass is 19.1. The van der Waals surface area contributed by atoms with Crippen LogP contribution in [0.3, 0.4) is 0 Å². The molecule has 1 nitrogen and oxygen atoms in total. The molecule has 0 unspecified atom stereocenters. The number of benzene rings is 1. The van der Waals surface area contributed by atoms with Crippen LogP contribution in [-0.2, 0) is 0 Å². The van der Waals surface area contributed by atoms with Gasteiger partial charge < -0.3 is 4.74 Å². The van der Waals surface area contributed by atoms with Gasteiger partial charge >= 0.3 is 0 Å². The minimum absolute atomic E-state index is 0.363. The van der Waals surface area contributed by atoms with Gasteiger partial charge in [-0.15, -0.1) is 0 Å². The van der Waals surface area contributed by atoms with Gasteiger partial charge in [0.15, 0.2) is 0 Å². The second-order valence-corrected chi connectivity index (χ2v) is 3.45. The average molecular weight is 182 g/mol. The smallest absolute Gasteiger partial charge is 0.228 e. The zero-order valence-electron chi connectivity index (χ0n) is 8.30. The predicted octanol–water partition coefficient (Wildman–Crippen LogP) is 3.42. The number of ether oxygens (including phenoxy) is 1. The molecule has 0 atom stereocenters. The van der Waals surface area contributed by atoms with E-state index in [0.717, 1.165) is 11.1 Å². The molecule has 0 aliphatic rings. The molecule has 0 fully saturated rings. The van der Waals surface area contributed by atoms with Crippen LogP contribution >= 0.6 is 0 Å². The lowest BCUT2D eigenvalue weighted by Crippen LogP contribution is -1.97. The number of aryl methyl sites for hydroxylation is 1. The van der Waals surface area contributed by atoms with Crippen LogP contribution in [0.25, 0.3) is 0 Å². The number of rotatable bonds is 3. The first kappa shape index (κ1) is 10.0. The largest absolute Gasteiger partial charge is 0.463 e. The van der Waals surface area contributed by atoms with Gasteiger partial charge in [-0.1, -0.05) is 26.0 Å². The summed E-state index contributed by atoms with van der Waals surface area (Å²) in [4.78, 5) is 0. The van der Waals surface area contributed by atoms with Crippen molar-refractivity contribution < 1.29 is 9.13 Å². The Hall–Kier alpha value is -1.05. The lowest BCUT2D eigenvalue weighted by Gasteiger charge is -2.12. The lowest BCUT2D eigenvalue weighted by molar-refractivity contribution is 0.189. The standard InChI is InChI=1S/C11H15FO/c1-8(2)10-5-4-9(3)6-11(10)13-7-12/h4-6,8H,7H2,1-3H3. The molecular weight excluding hydrogens is 167 g/mol. The van der Waals surface area contributed by atoms with Gasteiger partial charge in [-0.2, -0.15) is 0 Å².